The van der Waals surface area contributed by atoms with Crippen molar-refractivity contribution >= 4 is 23.1 Å². The van der Waals surface area contributed by atoms with E-state index in [1.54, 1.807) is 55.8 Å². The van der Waals surface area contributed by atoms with E-state index < -0.39 is 0 Å². The second kappa shape index (κ2) is 8.67. The zero-order valence-corrected chi connectivity index (χ0v) is 18.3. The fourth-order valence-corrected chi connectivity index (χ4v) is 3.79. The van der Waals surface area contributed by atoms with Crippen LogP contribution in [0.25, 0.3) is 5.70 Å². The zero-order valence-electron chi connectivity index (χ0n) is 18.3. The van der Waals surface area contributed by atoms with E-state index in [-0.39, 0.29) is 17.2 Å². The quantitative estimate of drug-likeness (QED) is 0.463. The smallest absolute Gasteiger partial charge is 0.257 e. The van der Waals surface area contributed by atoms with Gasteiger partial charge in [-0.15, -0.1) is 0 Å². The van der Waals surface area contributed by atoms with Gasteiger partial charge < -0.3 is 15.4 Å². The molecule has 2 aromatic carbocycles. The van der Waals surface area contributed by atoms with Crippen molar-refractivity contribution in [1.29, 1.82) is 0 Å². The minimum atomic E-state index is -0.251. The van der Waals surface area contributed by atoms with Crippen molar-refractivity contribution in [3.63, 3.8) is 0 Å². The molecule has 0 atom stereocenters. The van der Waals surface area contributed by atoms with E-state index >= 15 is 0 Å². The van der Waals surface area contributed by atoms with Crippen LogP contribution in [-0.4, -0.2) is 29.3 Å². The number of ketones is 1. The number of methoxy groups -OCH3 is 1. The number of hydrogen-bond acceptors (Lipinski definition) is 5. The molecule has 162 valence electrons. The number of allylic oxidation sites excluding steroid dienone is 1. The van der Waals surface area contributed by atoms with Crippen LogP contribution in [0.3, 0.4) is 0 Å². The summed E-state index contributed by atoms with van der Waals surface area (Å²) in [5.74, 6) is 0.375. The Hall–Kier alpha value is -3.93. The Labute approximate surface area is 187 Å². The summed E-state index contributed by atoms with van der Waals surface area (Å²) in [6, 6.07) is 16.2. The van der Waals surface area contributed by atoms with Gasteiger partial charge in [-0.3, -0.25) is 14.6 Å². The van der Waals surface area contributed by atoms with Crippen molar-refractivity contribution in [3.8, 4) is 5.75 Å². The highest BCUT2D eigenvalue weighted by Crippen LogP contribution is 2.32. The van der Waals surface area contributed by atoms with Gasteiger partial charge in [-0.05, 0) is 74.4 Å². The number of fused-ring (bicyclic) bond motifs is 1. The standard InChI is InChI=1S/C26H25N3O3/c1-26(2)15-18-8-11-21(32-3)13-22(18)23(29-26)14-24(30)17-6-9-20(10-7-17)28-25(31)19-5-4-12-27-16-19/h4-14,16,29H,15H2,1-3H3,(H,28,31)/b23-14-. The summed E-state index contributed by atoms with van der Waals surface area (Å²) in [7, 11) is 1.63. The van der Waals surface area contributed by atoms with Crippen LogP contribution in [0, 0.1) is 0 Å². The zero-order chi connectivity index (χ0) is 22.7. The van der Waals surface area contributed by atoms with Crippen molar-refractivity contribution in [2.45, 2.75) is 25.8 Å². The molecule has 6 heteroatoms. The lowest BCUT2D eigenvalue weighted by Gasteiger charge is -2.35. The molecule has 6 nitrogen and oxygen atoms in total. The van der Waals surface area contributed by atoms with Crippen LogP contribution in [0.15, 0.2) is 73.1 Å². The topological polar surface area (TPSA) is 80.3 Å². The maximum atomic E-state index is 13.0. The molecule has 0 unspecified atom stereocenters. The molecule has 1 aromatic heterocycles. The molecular formula is C26H25N3O3. The van der Waals surface area contributed by atoms with Gasteiger partial charge in [0.2, 0.25) is 0 Å². The molecule has 0 saturated carbocycles. The van der Waals surface area contributed by atoms with E-state index in [0.717, 1.165) is 23.4 Å². The van der Waals surface area contributed by atoms with Crippen LogP contribution in [0.1, 0.15) is 45.7 Å². The van der Waals surface area contributed by atoms with Gasteiger partial charge in [0.15, 0.2) is 5.78 Å². The number of hydrogen-bond donors (Lipinski definition) is 2. The average molecular weight is 428 g/mol. The second-order valence-electron chi connectivity index (χ2n) is 8.40. The number of carbonyl (C=O) groups is 2. The molecule has 2 heterocycles. The average Bonchev–Trinajstić information content (AvgIpc) is 2.79. The fraction of sp³-hybridized carbons (Fsp3) is 0.192. The number of nitrogens with one attached hydrogen (secondary N) is 2. The van der Waals surface area contributed by atoms with E-state index in [4.69, 9.17) is 4.74 Å². The summed E-state index contributed by atoms with van der Waals surface area (Å²) in [6.07, 6.45) is 5.60. The van der Waals surface area contributed by atoms with Gasteiger partial charge in [-0.1, -0.05) is 6.07 Å². The maximum Gasteiger partial charge on any atom is 0.257 e. The van der Waals surface area contributed by atoms with Crippen LogP contribution in [0.4, 0.5) is 5.69 Å². The summed E-state index contributed by atoms with van der Waals surface area (Å²) >= 11 is 0. The number of carbonyl (C=O) groups excluding carboxylic acids is 2. The number of rotatable bonds is 5. The first-order chi connectivity index (χ1) is 15.3. The lowest BCUT2D eigenvalue weighted by Crippen LogP contribution is -2.43. The summed E-state index contributed by atoms with van der Waals surface area (Å²) in [5.41, 5.74) is 4.35. The van der Waals surface area contributed by atoms with Gasteiger partial charge in [0.05, 0.1) is 12.7 Å². The lowest BCUT2D eigenvalue weighted by atomic mass is 9.85. The SMILES string of the molecule is COc1ccc2c(c1)/C(=C/C(=O)c1ccc(NC(=O)c3cccnc3)cc1)NC(C)(C)C2. The molecule has 0 radical (unpaired) electrons. The number of aromatic nitrogens is 1. The molecule has 32 heavy (non-hydrogen) atoms. The Balaban J connectivity index is 1.55. The van der Waals surface area contributed by atoms with Crippen molar-refractivity contribution < 1.29 is 14.3 Å². The normalized spacial score (nSPS) is 15.4. The van der Waals surface area contributed by atoms with Gasteiger partial charge in [0.1, 0.15) is 5.75 Å². The third-order valence-corrected chi connectivity index (χ3v) is 5.34. The lowest BCUT2D eigenvalue weighted by molar-refractivity contribution is 0.102. The van der Waals surface area contributed by atoms with E-state index in [1.165, 1.54) is 11.8 Å². The Bertz CT molecular complexity index is 1180. The molecule has 1 aliphatic rings. The molecule has 3 aromatic rings. The summed E-state index contributed by atoms with van der Waals surface area (Å²) < 4.78 is 5.37. The molecule has 0 saturated heterocycles. The number of nitrogens with zero attached hydrogens (tertiary/aromatic N) is 1. The Morgan fingerprint density at radius 3 is 2.56 bits per heavy atom. The molecular weight excluding hydrogens is 402 g/mol. The first kappa shape index (κ1) is 21.3. The number of amides is 1. The Kier molecular flexibility index (Phi) is 5.77. The number of benzene rings is 2. The summed E-state index contributed by atoms with van der Waals surface area (Å²) in [6.45, 7) is 4.22. The Morgan fingerprint density at radius 2 is 1.88 bits per heavy atom. The third kappa shape index (κ3) is 4.70. The van der Waals surface area contributed by atoms with Crippen LogP contribution >= 0.6 is 0 Å². The molecule has 1 aliphatic heterocycles. The van der Waals surface area contributed by atoms with E-state index in [1.807, 2.05) is 12.1 Å². The Morgan fingerprint density at radius 1 is 1.09 bits per heavy atom. The fourth-order valence-electron chi connectivity index (χ4n) is 3.79. The predicted molar refractivity (Wildman–Crippen MR) is 125 cm³/mol. The molecule has 1 amide bonds. The van der Waals surface area contributed by atoms with E-state index in [0.29, 0.717) is 16.8 Å². The number of ether oxygens (including phenoxy) is 1. The first-order valence-electron chi connectivity index (χ1n) is 10.4. The van der Waals surface area contributed by atoms with Crippen molar-refractivity contribution in [3.05, 3.63) is 95.3 Å². The summed E-state index contributed by atoms with van der Waals surface area (Å²) in [5, 5.41) is 6.29. The van der Waals surface area contributed by atoms with Crippen LogP contribution < -0.4 is 15.4 Å². The maximum absolute atomic E-state index is 13.0. The number of pyridine rings is 1. The molecule has 0 bridgehead atoms. The van der Waals surface area contributed by atoms with Gasteiger partial charge in [-0.2, -0.15) is 0 Å². The first-order valence-corrected chi connectivity index (χ1v) is 10.4. The van der Waals surface area contributed by atoms with Gasteiger partial charge in [0, 0.05) is 46.5 Å². The van der Waals surface area contributed by atoms with E-state index in [9.17, 15) is 9.59 Å². The molecule has 0 fully saturated rings. The minimum absolute atomic E-state index is 0.121. The van der Waals surface area contributed by atoms with Crippen molar-refractivity contribution in [1.82, 2.24) is 10.3 Å². The predicted octanol–water partition coefficient (Wildman–Crippen LogP) is 4.49. The highest BCUT2D eigenvalue weighted by Gasteiger charge is 2.28. The van der Waals surface area contributed by atoms with Crippen molar-refractivity contribution in [2.24, 2.45) is 0 Å². The van der Waals surface area contributed by atoms with Crippen molar-refractivity contribution in [2.75, 3.05) is 12.4 Å². The molecule has 4 rings (SSSR count). The van der Waals surface area contributed by atoms with Crippen LogP contribution in [-0.2, 0) is 6.42 Å². The second-order valence-corrected chi connectivity index (χ2v) is 8.40. The van der Waals surface area contributed by atoms with Gasteiger partial charge in [-0.25, -0.2) is 0 Å². The molecule has 0 aliphatic carbocycles. The largest absolute Gasteiger partial charge is 0.497 e. The molecule has 2 N–H and O–H groups in total. The minimum Gasteiger partial charge on any atom is -0.497 e. The third-order valence-electron chi connectivity index (χ3n) is 5.34. The summed E-state index contributed by atoms with van der Waals surface area (Å²) in [4.78, 5) is 29.2. The van der Waals surface area contributed by atoms with Gasteiger partial charge >= 0.3 is 0 Å². The van der Waals surface area contributed by atoms with Crippen LogP contribution in [0.2, 0.25) is 0 Å². The highest BCUT2D eigenvalue weighted by atomic mass is 16.5. The van der Waals surface area contributed by atoms with E-state index in [2.05, 4.69) is 35.5 Å². The number of anilines is 1. The highest BCUT2D eigenvalue weighted by molar-refractivity contribution is 6.09. The van der Waals surface area contributed by atoms with Gasteiger partial charge in [0.25, 0.3) is 5.91 Å². The van der Waals surface area contributed by atoms with Crippen LogP contribution in [0.5, 0.6) is 5.75 Å². The monoisotopic (exact) mass is 427 g/mol. The molecule has 0 spiro atoms.